The minimum Gasteiger partial charge on any atom is -0.452 e. The number of anilines is 1. The molecule has 21 heavy (non-hydrogen) atoms. The molecule has 2 amide bonds. The van der Waals surface area contributed by atoms with Crippen molar-refractivity contribution in [1.29, 1.82) is 0 Å². The third kappa shape index (κ3) is 5.13. The Hall–Kier alpha value is -1.99. The Balaban J connectivity index is 2.62. The van der Waals surface area contributed by atoms with Crippen LogP contribution in [0.5, 0.6) is 0 Å². The van der Waals surface area contributed by atoms with Crippen molar-refractivity contribution in [1.82, 2.24) is 5.32 Å². The van der Waals surface area contributed by atoms with Crippen LogP contribution in [-0.2, 0) is 14.3 Å². The topological polar surface area (TPSA) is 108 Å². The molecule has 114 valence electrons. The first-order valence-electron chi connectivity index (χ1n) is 5.73. The second-order valence-electron chi connectivity index (χ2n) is 3.69. The van der Waals surface area contributed by atoms with Crippen molar-refractivity contribution in [2.75, 3.05) is 18.9 Å². The third-order valence-corrected chi connectivity index (χ3v) is 2.70. The fourth-order valence-electron chi connectivity index (χ4n) is 1.28. The van der Waals surface area contributed by atoms with Gasteiger partial charge in [-0.3, -0.25) is 10.1 Å². The highest BCUT2D eigenvalue weighted by Crippen LogP contribution is 2.27. The van der Waals surface area contributed by atoms with Gasteiger partial charge >= 0.3 is 12.1 Å². The number of esters is 1. The minimum atomic E-state index is -0.927. The van der Waals surface area contributed by atoms with Crippen molar-refractivity contribution in [2.45, 2.75) is 6.92 Å². The van der Waals surface area contributed by atoms with E-state index in [0.717, 1.165) is 0 Å². The first-order chi connectivity index (χ1) is 9.85. The van der Waals surface area contributed by atoms with Crippen molar-refractivity contribution < 1.29 is 23.9 Å². The summed E-state index contributed by atoms with van der Waals surface area (Å²) in [6.07, 6.45) is -0.927. The summed E-state index contributed by atoms with van der Waals surface area (Å²) >= 11 is 11.5. The number of carbonyl (C=O) groups is 3. The van der Waals surface area contributed by atoms with E-state index in [1.54, 1.807) is 6.92 Å². The third-order valence-electron chi connectivity index (χ3n) is 2.17. The van der Waals surface area contributed by atoms with Crippen LogP contribution in [0.15, 0.2) is 12.1 Å². The van der Waals surface area contributed by atoms with E-state index in [9.17, 15) is 14.4 Å². The van der Waals surface area contributed by atoms with Crippen molar-refractivity contribution in [3.8, 4) is 0 Å². The molecule has 3 N–H and O–H groups in total. The van der Waals surface area contributed by atoms with Crippen LogP contribution in [0.2, 0.25) is 10.0 Å². The van der Waals surface area contributed by atoms with Gasteiger partial charge in [-0.2, -0.15) is 0 Å². The van der Waals surface area contributed by atoms with Crippen LogP contribution < -0.4 is 11.1 Å². The minimum absolute atomic E-state index is 0.0168. The van der Waals surface area contributed by atoms with Gasteiger partial charge in [0, 0.05) is 5.02 Å². The van der Waals surface area contributed by atoms with Crippen molar-refractivity contribution in [3.05, 3.63) is 27.7 Å². The Labute approximate surface area is 130 Å². The molecule has 0 spiro atoms. The van der Waals surface area contributed by atoms with Crippen LogP contribution >= 0.6 is 23.2 Å². The highest BCUT2D eigenvalue weighted by molar-refractivity contribution is 6.37. The number of halogens is 2. The summed E-state index contributed by atoms with van der Waals surface area (Å²) in [4.78, 5) is 34.0. The van der Waals surface area contributed by atoms with Crippen LogP contribution in [0, 0.1) is 0 Å². The number of benzene rings is 1. The van der Waals surface area contributed by atoms with E-state index in [0.29, 0.717) is 0 Å². The molecule has 0 aliphatic heterocycles. The lowest BCUT2D eigenvalue weighted by atomic mass is 10.2. The second kappa shape index (κ2) is 7.70. The van der Waals surface area contributed by atoms with E-state index >= 15 is 0 Å². The van der Waals surface area contributed by atoms with E-state index in [4.69, 9.17) is 33.7 Å². The van der Waals surface area contributed by atoms with Gasteiger partial charge in [-0.25, -0.2) is 9.59 Å². The molecule has 1 aromatic rings. The molecule has 0 saturated carbocycles. The van der Waals surface area contributed by atoms with Gasteiger partial charge in [0.05, 0.1) is 22.9 Å². The number of nitrogens with one attached hydrogen (secondary N) is 1. The fraction of sp³-hybridized carbons (Fsp3) is 0.250. The van der Waals surface area contributed by atoms with Gasteiger partial charge in [-0.15, -0.1) is 0 Å². The Bertz CT molecular complexity index is 577. The molecular formula is C12H12Cl2N2O5. The Morgan fingerprint density at radius 3 is 2.52 bits per heavy atom. The largest absolute Gasteiger partial charge is 0.452 e. The zero-order valence-electron chi connectivity index (χ0n) is 10.9. The maximum Gasteiger partial charge on any atom is 0.413 e. The number of alkyl carbamates (subject to hydrolysis) is 1. The van der Waals surface area contributed by atoms with Crippen LogP contribution in [0.3, 0.4) is 0 Å². The Kier molecular flexibility index (Phi) is 6.26. The maximum absolute atomic E-state index is 11.8. The molecule has 0 aromatic heterocycles. The number of amides is 2. The number of nitrogen functional groups attached to an aromatic ring is 1. The van der Waals surface area contributed by atoms with Crippen LogP contribution in [0.25, 0.3) is 0 Å². The zero-order chi connectivity index (χ0) is 16.0. The van der Waals surface area contributed by atoms with Crippen molar-refractivity contribution in [2.24, 2.45) is 0 Å². The summed E-state index contributed by atoms with van der Waals surface area (Å²) in [7, 11) is 0. The number of ether oxygens (including phenoxy) is 2. The maximum atomic E-state index is 11.8. The summed E-state index contributed by atoms with van der Waals surface area (Å²) in [6.45, 7) is 1.01. The second-order valence-corrected chi connectivity index (χ2v) is 4.54. The van der Waals surface area contributed by atoms with Gasteiger partial charge in [-0.05, 0) is 19.1 Å². The molecule has 1 aromatic carbocycles. The highest BCUT2D eigenvalue weighted by atomic mass is 35.5. The molecule has 0 aliphatic rings. The summed E-state index contributed by atoms with van der Waals surface area (Å²) in [5.74, 6) is -1.73. The predicted molar refractivity (Wildman–Crippen MR) is 76.3 cm³/mol. The van der Waals surface area contributed by atoms with E-state index < -0.39 is 24.6 Å². The van der Waals surface area contributed by atoms with Crippen LogP contribution in [-0.4, -0.2) is 31.2 Å². The molecule has 0 aliphatic carbocycles. The molecule has 0 fully saturated rings. The fourth-order valence-corrected chi connectivity index (χ4v) is 1.77. The molecule has 9 heteroatoms. The van der Waals surface area contributed by atoms with Gasteiger partial charge in [0.1, 0.15) is 0 Å². The lowest BCUT2D eigenvalue weighted by Crippen LogP contribution is -2.34. The van der Waals surface area contributed by atoms with Crippen LogP contribution in [0.1, 0.15) is 17.3 Å². The number of nitrogens with two attached hydrogens (primary N) is 1. The summed E-state index contributed by atoms with van der Waals surface area (Å²) < 4.78 is 9.19. The molecule has 0 bridgehead atoms. The van der Waals surface area contributed by atoms with E-state index in [2.05, 4.69) is 4.74 Å². The van der Waals surface area contributed by atoms with Gasteiger partial charge < -0.3 is 15.2 Å². The quantitative estimate of drug-likeness (QED) is 0.644. The van der Waals surface area contributed by atoms with Gasteiger partial charge in [0.25, 0.3) is 5.91 Å². The lowest BCUT2D eigenvalue weighted by molar-refractivity contribution is -0.123. The van der Waals surface area contributed by atoms with Gasteiger partial charge in [0.15, 0.2) is 6.61 Å². The molecule has 0 saturated heterocycles. The first kappa shape index (κ1) is 17.1. The summed E-state index contributed by atoms with van der Waals surface area (Å²) in [6, 6.07) is 2.62. The van der Waals surface area contributed by atoms with Crippen molar-refractivity contribution in [3.63, 3.8) is 0 Å². The lowest BCUT2D eigenvalue weighted by Gasteiger charge is -2.09. The summed E-state index contributed by atoms with van der Waals surface area (Å²) in [5, 5.41) is 2.14. The number of hydrogen-bond acceptors (Lipinski definition) is 6. The molecular weight excluding hydrogens is 323 g/mol. The molecule has 0 radical (unpaired) electrons. The number of hydrogen-bond donors (Lipinski definition) is 2. The normalized spacial score (nSPS) is 9.86. The average Bonchev–Trinajstić information content (AvgIpc) is 2.40. The van der Waals surface area contributed by atoms with E-state index in [1.165, 1.54) is 12.1 Å². The average molecular weight is 335 g/mol. The Morgan fingerprint density at radius 1 is 1.24 bits per heavy atom. The molecule has 0 unspecified atom stereocenters. The zero-order valence-corrected chi connectivity index (χ0v) is 12.5. The van der Waals surface area contributed by atoms with Crippen molar-refractivity contribution >= 4 is 46.9 Å². The molecule has 1 rings (SSSR count). The predicted octanol–water partition coefficient (Wildman–Crippen LogP) is 2.01. The molecule has 0 atom stereocenters. The highest BCUT2D eigenvalue weighted by Gasteiger charge is 2.17. The summed E-state index contributed by atoms with van der Waals surface area (Å²) in [5.41, 5.74) is 5.52. The number of rotatable bonds is 4. The van der Waals surface area contributed by atoms with Gasteiger partial charge in [-0.1, -0.05) is 23.2 Å². The molecule has 0 heterocycles. The Morgan fingerprint density at radius 2 is 1.90 bits per heavy atom. The van der Waals surface area contributed by atoms with E-state index in [1.807, 2.05) is 5.32 Å². The number of imide groups is 1. The smallest absolute Gasteiger partial charge is 0.413 e. The standard InChI is InChI=1S/C12H12Cl2N2O5/c1-2-20-12(19)16-9(17)5-21-11(18)7-3-6(13)4-8(14)10(7)15/h3-4H,2,5,15H2,1H3,(H,16,17,19). The van der Waals surface area contributed by atoms with Gasteiger partial charge in [0.2, 0.25) is 0 Å². The first-order valence-corrected chi connectivity index (χ1v) is 6.49. The SMILES string of the molecule is CCOC(=O)NC(=O)COC(=O)c1cc(Cl)cc(Cl)c1N. The number of carbonyl (C=O) groups excluding carboxylic acids is 3. The van der Waals surface area contributed by atoms with E-state index in [-0.39, 0.29) is 27.9 Å². The van der Waals surface area contributed by atoms with Crippen LogP contribution in [0.4, 0.5) is 10.5 Å². The molecule has 7 nitrogen and oxygen atoms in total. The monoisotopic (exact) mass is 334 g/mol.